The molecule has 1 aromatic carbocycles. The van der Waals surface area contributed by atoms with E-state index in [1.807, 2.05) is 31.2 Å². The molecule has 1 saturated heterocycles. The Morgan fingerprint density at radius 2 is 1.84 bits per heavy atom. The number of nitrogens with one attached hydrogen (secondary N) is 1. The van der Waals surface area contributed by atoms with Gasteiger partial charge in [-0.15, -0.1) is 0 Å². The number of nitriles is 1. The summed E-state index contributed by atoms with van der Waals surface area (Å²) in [5, 5.41) is 12.1. The smallest absolute Gasteiger partial charge is 0.243 e. The Labute approximate surface area is 148 Å². The zero-order chi connectivity index (χ0) is 17.9. The lowest BCUT2D eigenvalue weighted by atomic mass is 10.1. The highest BCUT2D eigenvalue weighted by atomic mass is 32.2. The Morgan fingerprint density at radius 3 is 2.40 bits per heavy atom. The van der Waals surface area contributed by atoms with Gasteiger partial charge in [-0.3, -0.25) is 0 Å². The molecule has 0 spiro atoms. The molecule has 0 radical (unpaired) electrons. The Hall–Kier alpha value is -2.43. The third kappa shape index (κ3) is 3.98. The van der Waals surface area contributed by atoms with Gasteiger partial charge in [0, 0.05) is 19.1 Å². The molecule has 0 aliphatic carbocycles. The van der Waals surface area contributed by atoms with E-state index in [0.29, 0.717) is 23.7 Å². The highest BCUT2D eigenvalue weighted by molar-refractivity contribution is 7.89. The van der Waals surface area contributed by atoms with Crippen LogP contribution in [0.1, 0.15) is 24.1 Å². The van der Waals surface area contributed by atoms with Crippen molar-refractivity contribution in [2.24, 2.45) is 0 Å². The van der Waals surface area contributed by atoms with Crippen molar-refractivity contribution in [2.75, 3.05) is 18.4 Å². The van der Waals surface area contributed by atoms with Crippen LogP contribution in [0.5, 0.6) is 0 Å². The fourth-order valence-electron chi connectivity index (χ4n) is 2.88. The summed E-state index contributed by atoms with van der Waals surface area (Å²) < 4.78 is 26.9. The lowest BCUT2D eigenvalue weighted by Crippen LogP contribution is -2.42. The molecule has 1 aliphatic heterocycles. The number of benzene rings is 1. The number of hydrogen-bond donors (Lipinski definition) is 1. The van der Waals surface area contributed by atoms with Crippen LogP contribution in [0.15, 0.2) is 47.5 Å². The number of piperidine rings is 1. The van der Waals surface area contributed by atoms with E-state index in [1.165, 1.54) is 0 Å². The molecule has 0 unspecified atom stereocenters. The first kappa shape index (κ1) is 17.4. The number of hydrogen-bond acceptors (Lipinski definition) is 5. The van der Waals surface area contributed by atoms with Crippen LogP contribution in [-0.4, -0.2) is 36.8 Å². The summed E-state index contributed by atoms with van der Waals surface area (Å²) in [6, 6.07) is 12.6. The zero-order valence-corrected chi connectivity index (χ0v) is 14.8. The summed E-state index contributed by atoms with van der Waals surface area (Å²) >= 11 is 0. The second kappa shape index (κ2) is 7.21. The van der Waals surface area contributed by atoms with Gasteiger partial charge in [-0.05, 0) is 44.0 Å². The molecule has 7 heteroatoms. The maximum atomic E-state index is 12.7. The highest BCUT2D eigenvalue weighted by Gasteiger charge is 2.29. The Morgan fingerprint density at radius 1 is 1.16 bits per heavy atom. The molecule has 0 atom stereocenters. The van der Waals surface area contributed by atoms with Crippen molar-refractivity contribution in [2.45, 2.75) is 30.7 Å². The second-order valence-corrected chi connectivity index (χ2v) is 8.12. The highest BCUT2D eigenvalue weighted by Crippen LogP contribution is 2.23. The van der Waals surface area contributed by atoms with E-state index in [1.54, 1.807) is 28.7 Å². The number of pyridine rings is 1. The molecule has 1 N–H and O–H groups in total. The van der Waals surface area contributed by atoms with Gasteiger partial charge in [-0.1, -0.05) is 17.7 Å². The number of nitrogens with zero attached hydrogens (tertiary/aromatic N) is 3. The van der Waals surface area contributed by atoms with Crippen molar-refractivity contribution in [1.82, 2.24) is 9.29 Å². The summed E-state index contributed by atoms with van der Waals surface area (Å²) in [5.74, 6) is 0. The van der Waals surface area contributed by atoms with Crippen molar-refractivity contribution in [1.29, 1.82) is 5.26 Å². The summed E-state index contributed by atoms with van der Waals surface area (Å²) in [7, 11) is -3.43. The van der Waals surface area contributed by atoms with Crippen LogP contribution in [-0.2, 0) is 10.0 Å². The molecule has 2 aromatic rings. The molecule has 3 rings (SSSR count). The van der Waals surface area contributed by atoms with E-state index in [0.717, 1.165) is 24.1 Å². The van der Waals surface area contributed by atoms with Gasteiger partial charge in [0.15, 0.2) is 0 Å². The van der Waals surface area contributed by atoms with E-state index in [4.69, 9.17) is 5.26 Å². The molecule has 130 valence electrons. The van der Waals surface area contributed by atoms with E-state index < -0.39 is 10.0 Å². The Balaban J connectivity index is 1.61. The lowest BCUT2D eigenvalue weighted by Gasteiger charge is -2.32. The summed E-state index contributed by atoms with van der Waals surface area (Å²) in [5.41, 5.74) is 2.27. The van der Waals surface area contributed by atoms with E-state index in [9.17, 15) is 8.42 Å². The van der Waals surface area contributed by atoms with Crippen molar-refractivity contribution < 1.29 is 8.42 Å². The van der Waals surface area contributed by atoms with Gasteiger partial charge in [0.2, 0.25) is 10.0 Å². The fraction of sp³-hybridized carbons (Fsp3) is 0.333. The molecule has 0 bridgehead atoms. The van der Waals surface area contributed by atoms with Crippen molar-refractivity contribution in [3.05, 3.63) is 53.9 Å². The molecule has 1 aliphatic rings. The molecule has 1 fully saturated rings. The summed E-state index contributed by atoms with van der Waals surface area (Å²) in [6.45, 7) is 2.90. The maximum Gasteiger partial charge on any atom is 0.243 e. The van der Waals surface area contributed by atoms with Crippen molar-refractivity contribution in [3.63, 3.8) is 0 Å². The van der Waals surface area contributed by atoms with Crippen molar-refractivity contribution in [3.8, 4) is 6.07 Å². The van der Waals surface area contributed by atoms with Gasteiger partial charge in [-0.2, -0.15) is 9.57 Å². The molecule has 0 amide bonds. The molecule has 6 nitrogen and oxygen atoms in total. The predicted molar refractivity (Wildman–Crippen MR) is 95.5 cm³/mol. The average Bonchev–Trinajstić information content (AvgIpc) is 2.63. The Bertz CT molecular complexity index is 863. The zero-order valence-electron chi connectivity index (χ0n) is 14.0. The van der Waals surface area contributed by atoms with Crippen LogP contribution in [0.3, 0.4) is 0 Å². The number of aryl methyl sites for hydroxylation is 1. The van der Waals surface area contributed by atoms with Crippen LogP contribution in [0.4, 0.5) is 5.69 Å². The predicted octanol–water partition coefficient (Wildman–Crippen LogP) is 2.53. The van der Waals surface area contributed by atoms with E-state index >= 15 is 0 Å². The fourth-order valence-corrected chi connectivity index (χ4v) is 4.35. The topological polar surface area (TPSA) is 86.1 Å². The third-order valence-corrected chi connectivity index (χ3v) is 6.27. The van der Waals surface area contributed by atoms with Crippen LogP contribution in [0.25, 0.3) is 0 Å². The number of anilines is 1. The second-order valence-electron chi connectivity index (χ2n) is 6.18. The number of aromatic nitrogens is 1. The monoisotopic (exact) mass is 356 g/mol. The lowest BCUT2D eigenvalue weighted by molar-refractivity contribution is 0.329. The summed E-state index contributed by atoms with van der Waals surface area (Å²) in [4.78, 5) is 4.38. The van der Waals surface area contributed by atoms with Gasteiger partial charge in [0.1, 0.15) is 11.8 Å². The van der Waals surface area contributed by atoms with Crippen LogP contribution >= 0.6 is 0 Å². The minimum atomic E-state index is -3.43. The normalized spacial score (nSPS) is 16.3. The van der Waals surface area contributed by atoms with Gasteiger partial charge in [0.05, 0.1) is 16.8 Å². The molecular formula is C18H20N4O2S. The molecule has 1 aromatic heterocycles. The SMILES string of the molecule is Cc1ccc(S(=O)(=O)N2CCC(Nc3ccc(C#N)nc3)CC2)cc1. The summed E-state index contributed by atoms with van der Waals surface area (Å²) in [6.07, 6.45) is 3.09. The minimum absolute atomic E-state index is 0.194. The largest absolute Gasteiger partial charge is 0.381 e. The first-order valence-corrected chi connectivity index (χ1v) is 9.62. The standard InChI is InChI=1S/C18H20N4O2S/c1-14-2-6-18(7-3-14)25(23,24)22-10-8-15(9-11-22)21-17-5-4-16(12-19)20-13-17/h2-7,13,15,21H,8-11H2,1H3. The molecular weight excluding hydrogens is 336 g/mol. The van der Waals surface area contributed by atoms with Gasteiger partial charge < -0.3 is 5.32 Å². The van der Waals surface area contributed by atoms with Gasteiger partial charge in [-0.25, -0.2) is 13.4 Å². The van der Waals surface area contributed by atoms with Crippen molar-refractivity contribution >= 4 is 15.7 Å². The molecule has 0 saturated carbocycles. The third-order valence-electron chi connectivity index (χ3n) is 4.36. The van der Waals surface area contributed by atoms with E-state index in [-0.39, 0.29) is 6.04 Å². The number of rotatable bonds is 4. The first-order valence-electron chi connectivity index (χ1n) is 8.18. The quantitative estimate of drug-likeness (QED) is 0.910. The van der Waals surface area contributed by atoms with E-state index in [2.05, 4.69) is 10.3 Å². The van der Waals surface area contributed by atoms with Gasteiger partial charge in [0.25, 0.3) is 0 Å². The number of sulfonamides is 1. The minimum Gasteiger partial charge on any atom is -0.381 e. The van der Waals surface area contributed by atoms with Crippen LogP contribution in [0, 0.1) is 18.3 Å². The Kier molecular flexibility index (Phi) is 5.02. The molecule has 2 heterocycles. The average molecular weight is 356 g/mol. The maximum absolute atomic E-state index is 12.7. The molecule has 25 heavy (non-hydrogen) atoms. The van der Waals surface area contributed by atoms with Crippen LogP contribution < -0.4 is 5.32 Å². The van der Waals surface area contributed by atoms with Gasteiger partial charge >= 0.3 is 0 Å². The van der Waals surface area contributed by atoms with Crippen LogP contribution in [0.2, 0.25) is 0 Å². The first-order chi connectivity index (χ1) is 12.0.